The molecule has 2 saturated heterocycles. The number of methoxy groups -OCH3 is 1. The van der Waals surface area contributed by atoms with Gasteiger partial charge in [-0.2, -0.15) is 0 Å². The van der Waals surface area contributed by atoms with E-state index in [0.29, 0.717) is 37.2 Å². The zero-order chi connectivity index (χ0) is 48.1. The lowest BCUT2D eigenvalue weighted by Crippen LogP contribution is -2.62. The van der Waals surface area contributed by atoms with Gasteiger partial charge in [-0.3, -0.25) is 29.2 Å². The standard InChI is InChI=1S/C50H66F2N6O8/c1-10-57-41-17-16-34(27-38(41)39(28-49(6,7)29-65-32(5)59)44(57)37-15-13-19-53-42(37)31(4)64-9)35-23-33(24-36(60)26-35)25-40(46(62)58-21-12-11-20-54-58)55-45(61)43(30(2)3)56(8)48(63)50(47(51)52)18-14-22-66-50/h13,15-17,19,23-24,26-27,30-31,40,43,47,54,60H,10-12,14,18,20-22,25,28-29H2,1-9H3,(H,55,61)/t31-,40-,43?,50?/m0/s1. The summed E-state index contributed by atoms with van der Waals surface area (Å²) in [6.45, 7) is 14.8. The highest BCUT2D eigenvalue weighted by Crippen LogP contribution is 2.42. The summed E-state index contributed by atoms with van der Waals surface area (Å²) in [4.78, 5) is 60.1. The predicted molar refractivity (Wildman–Crippen MR) is 247 cm³/mol. The molecule has 4 heterocycles. The molecule has 3 N–H and O–H groups in total. The number of amides is 3. The highest BCUT2D eigenvalue weighted by molar-refractivity contribution is 5.96. The fourth-order valence-electron chi connectivity index (χ4n) is 9.46. The number of hydrogen-bond acceptors (Lipinski definition) is 10. The van der Waals surface area contributed by atoms with Crippen molar-refractivity contribution in [3.05, 3.63) is 71.5 Å². The Morgan fingerprint density at radius 2 is 1.82 bits per heavy atom. The molecule has 2 aromatic carbocycles. The maximum absolute atomic E-state index is 14.4. The van der Waals surface area contributed by atoms with E-state index in [9.17, 15) is 33.1 Å². The highest BCUT2D eigenvalue weighted by Gasteiger charge is 2.54. The van der Waals surface area contributed by atoms with Crippen LogP contribution in [0.3, 0.4) is 0 Å². The Balaban J connectivity index is 1.41. The number of aromatic nitrogens is 2. The largest absolute Gasteiger partial charge is 0.508 e. The number of hydrogen-bond donors (Lipinski definition) is 3. The number of pyridine rings is 1. The van der Waals surface area contributed by atoms with Gasteiger partial charge in [-0.25, -0.2) is 14.2 Å². The van der Waals surface area contributed by atoms with E-state index >= 15 is 0 Å². The Bertz CT molecular complexity index is 2390. The van der Waals surface area contributed by atoms with Crippen LogP contribution in [-0.4, -0.2) is 113 Å². The number of benzene rings is 2. The number of hydrazine groups is 1. The van der Waals surface area contributed by atoms with Gasteiger partial charge in [0.2, 0.25) is 11.5 Å². The number of nitrogens with one attached hydrogen (secondary N) is 2. The molecule has 4 atom stereocenters. The van der Waals surface area contributed by atoms with Crippen molar-refractivity contribution in [1.29, 1.82) is 0 Å². The van der Waals surface area contributed by atoms with E-state index in [1.165, 1.54) is 19.0 Å². The van der Waals surface area contributed by atoms with Crippen LogP contribution in [0.2, 0.25) is 0 Å². The number of phenols is 1. The first-order valence-electron chi connectivity index (χ1n) is 23.0. The molecule has 16 heteroatoms. The second kappa shape index (κ2) is 21.0. The lowest BCUT2D eigenvalue weighted by Gasteiger charge is -2.37. The van der Waals surface area contributed by atoms with E-state index in [0.717, 1.165) is 56.7 Å². The third-order valence-corrected chi connectivity index (χ3v) is 12.8. The molecule has 2 aliphatic rings. The van der Waals surface area contributed by atoms with Gasteiger partial charge in [0.15, 0.2) is 0 Å². The first-order valence-corrected chi connectivity index (χ1v) is 23.0. The van der Waals surface area contributed by atoms with Crippen molar-refractivity contribution in [3.63, 3.8) is 0 Å². The van der Waals surface area contributed by atoms with Crippen molar-refractivity contribution < 1.29 is 47.3 Å². The van der Waals surface area contributed by atoms with Crippen molar-refractivity contribution in [2.45, 2.75) is 124 Å². The molecule has 2 fully saturated rings. The number of carbonyl (C=O) groups excluding carboxylic acids is 4. The second-order valence-corrected chi connectivity index (χ2v) is 18.7. The summed E-state index contributed by atoms with van der Waals surface area (Å²) in [5, 5.41) is 16.6. The molecule has 4 aromatic rings. The Hall–Kier alpha value is -5.45. The van der Waals surface area contributed by atoms with Crippen molar-refractivity contribution in [1.82, 2.24) is 30.2 Å². The number of halogens is 2. The number of fused-ring (bicyclic) bond motifs is 1. The monoisotopic (exact) mass is 916 g/mol. The van der Waals surface area contributed by atoms with Gasteiger partial charge in [0.25, 0.3) is 18.2 Å². The molecule has 2 aromatic heterocycles. The zero-order valence-electron chi connectivity index (χ0n) is 39.7. The normalized spacial score (nSPS) is 18.1. The molecule has 66 heavy (non-hydrogen) atoms. The topological polar surface area (TPSA) is 165 Å². The summed E-state index contributed by atoms with van der Waals surface area (Å²) in [5.41, 5.74) is 6.95. The summed E-state index contributed by atoms with van der Waals surface area (Å²) in [6.07, 6.45) is 0.575. The number of aromatic hydroxyl groups is 1. The van der Waals surface area contributed by atoms with E-state index < -0.39 is 53.2 Å². The number of esters is 1. The van der Waals surface area contributed by atoms with E-state index in [1.54, 1.807) is 39.3 Å². The average molecular weight is 917 g/mol. The van der Waals surface area contributed by atoms with Crippen LogP contribution in [0.1, 0.15) is 97.1 Å². The van der Waals surface area contributed by atoms with Crippen LogP contribution >= 0.6 is 0 Å². The van der Waals surface area contributed by atoms with E-state index in [-0.39, 0.29) is 50.3 Å². The predicted octanol–water partition coefficient (Wildman–Crippen LogP) is 7.39. The van der Waals surface area contributed by atoms with E-state index in [1.807, 2.05) is 37.3 Å². The van der Waals surface area contributed by atoms with Crippen molar-refractivity contribution in [3.8, 4) is 28.1 Å². The maximum atomic E-state index is 14.4. The molecule has 0 bridgehead atoms. The van der Waals surface area contributed by atoms with Crippen LogP contribution in [0.15, 0.2) is 54.7 Å². The van der Waals surface area contributed by atoms with Crippen molar-refractivity contribution >= 4 is 34.6 Å². The second-order valence-electron chi connectivity index (χ2n) is 18.7. The Morgan fingerprint density at radius 3 is 2.44 bits per heavy atom. The Kier molecular flexibility index (Phi) is 15.9. The van der Waals surface area contributed by atoms with Crippen LogP contribution in [0.4, 0.5) is 8.78 Å². The van der Waals surface area contributed by atoms with Crippen LogP contribution in [-0.2, 0) is 52.8 Å². The quantitative estimate of drug-likeness (QED) is 0.0858. The molecule has 0 spiro atoms. The van der Waals surface area contributed by atoms with Gasteiger partial charge in [0.1, 0.15) is 17.8 Å². The lowest BCUT2D eigenvalue weighted by molar-refractivity contribution is -0.174. The Morgan fingerprint density at radius 1 is 1.06 bits per heavy atom. The number of aryl methyl sites for hydroxylation is 1. The Labute approximate surface area is 386 Å². The first-order chi connectivity index (χ1) is 31.3. The van der Waals surface area contributed by atoms with Crippen LogP contribution in [0, 0.1) is 11.3 Å². The highest BCUT2D eigenvalue weighted by atomic mass is 19.3. The smallest absolute Gasteiger partial charge is 0.302 e. The minimum atomic E-state index is -3.09. The minimum absolute atomic E-state index is 0.00557. The van der Waals surface area contributed by atoms with Crippen LogP contribution in [0.5, 0.6) is 5.75 Å². The fraction of sp³-hybridized carbons (Fsp3) is 0.540. The van der Waals surface area contributed by atoms with Gasteiger partial charge >= 0.3 is 5.97 Å². The van der Waals surface area contributed by atoms with Crippen molar-refractivity contribution in [2.75, 3.05) is 40.5 Å². The van der Waals surface area contributed by atoms with Gasteiger partial charge in [-0.15, -0.1) is 0 Å². The summed E-state index contributed by atoms with van der Waals surface area (Å²) >= 11 is 0. The van der Waals surface area contributed by atoms with Crippen molar-refractivity contribution in [2.24, 2.45) is 11.3 Å². The summed E-state index contributed by atoms with van der Waals surface area (Å²) in [6, 6.07) is 12.8. The molecule has 0 saturated carbocycles. The molecule has 0 aliphatic carbocycles. The van der Waals surface area contributed by atoms with E-state index in [2.05, 4.69) is 42.1 Å². The minimum Gasteiger partial charge on any atom is -0.508 e. The number of nitrogens with zero attached hydrogens (tertiary/aromatic N) is 4. The van der Waals surface area contributed by atoms with Crippen LogP contribution < -0.4 is 10.7 Å². The first kappa shape index (κ1) is 50.0. The molecule has 6 rings (SSSR count). The number of rotatable bonds is 18. The third-order valence-electron chi connectivity index (χ3n) is 12.8. The molecule has 2 aliphatic heterocycles. The number of ether oxygens (including phenoxy) is 3. The molecule has 0 radical (unpaired) electrons. The molecule has 3 amide bonds. The third kappa shape index (κ3) is 10.7. The van der Waals surface area contributed by atoms with E-state index in [4.69, 9.17) is 19.2 Å². The average Bonchev–Trinajstić information content (AvgIpc) is 3.91. The van der Waals surface area contributed by atoms with Gasteiger partial charge in [0, 0.05) is 81.8 Å². The van der Waals surface area contributed by atoms with Gasteiger partial charge in [0.05, 0.1) is 24.1 Å². The molecule has 14 nitrogen and oxygen atoms in total. The number of carbonyl (C=O) groups is 4. The van der Waals surface area contributed by atoms with Crippen LogP contribution in [0.25, 0.3) is 33.3 Å². The summed E-state index contributed by atoms with van der Waals surface area (Å²) < 4.78 is 47.8. The fourth-order valence-corrected chi connectivity index (χ4v) is 9.46. The molecular weight excluding hydrogens is 851 g/mol. The zero-order valence-corrected chi connectivity index (χ0v) is 39.7. The van der Waals surface area contributed by atoms with Gasteiger partial charge < -0.3 is 34.1 Å². The number of phenolic OH excluding ortho intramolecular Hbond substituents is 1. The molecular formula is C50H66F2N6O8. The SMILES string of the molecule is CCn1c(-c2cccnc2[C@H](C)OC)c(CC(C)(C)COC(C)=O)c2cc(-c3cc(O)cc(C[C@H](NC(=O)C(C(C)C)N(C)C(=O)C4(C(F)F)CCCO4)C(=O)N4CCCCN4)c3)ccc21. The number of alkyl halides is 2. The molecule has 358 valence electrons. The maximum Gasteiger partial charge on any atom is 0.302 e. The molecule has 2 unspecified atom stereocenters. The number of likely N-dealkylation sites (N-methyl/N-ethyl adjacent to an activating group) is 1. The van der Waals surface area contributed by atoms with Gasteiger partial charge in [-0.05, 0) is 111 Å². The van der Waals surface area contributed by atoms with Gasteiger partial charge in [-0.1, -0.05) is 39.8 Å². The summed E-state index contributed by atoms with van der Waals surface area (Å²) in [7, 11) is 2.97. The summed E-state index contributed by atoms with van der Waals surface area (Å²) in [5.74, 6) is -3.02. The lowest BCUT2D eigenvalue weighted by atomic mass is 9.84.